The molecule has 4 atom stereocenters. The number of likely N-dealkylation sites (tertiary alicyclic amines) is 1. The topological polar surface area (TPSA) is 121 Å². The molecule has 0 bridgehead atoms. The third kappa shape index (κ3) is 6.84. The van der Waals surface area contributed by atoms with Crippen molar-refractivity contribution in [1.29, 1.82) is 0 Å². The van der Waals surface area contributed by atoms with Gasteiger partial charge in [0.2, 0.25) is 0 Å². The standard InChI is InChI=1S/C21H30NO7P/c1-2-3-10-18(13-20(24)16-8-5-4-6-9-16)30(27,28)29-17(15-23)14-22-12-7-11-19(22)21(25)26/h4-6,8-9,15,17-19H,2-3,7,10-14H2,1H3,(H,25,26)(H,27,28)/t17-,18?,19-/m0/s1. The van der Waals surface area contributed by atoms with Gasteiger partial charge in [0.25, 0.3) is 0 Å². The van der Waals surface area contributed by atoms with Gasteiger partial charge < -0.3 is 14.8 Å². The summed E-state index contributed by atoms with van der Waals surface area (Å²) in [5.74, 6) is -1.25. The number of benzene rings is 1. The average molecular weight is 439 g/mol. The maximum Gasteiger partial charge on any atom is 0.332 e. The molecule has 0 saturated carbocycles. The van der Waals surface area contributed by atoms with E-state index in [9.17, 15) is 28.9 Å². The summed E-state index contributed by atoms with van der Waals surface area (Å²) >= 11 is 0. The molecule has 8 nitrogen and oxygen atoms in total. The van der Waals surface area contributed by atoms with Crippen molar-refractivity contribution in [2.45, 2.75) is 63.3 Å². The number of ketones is 1. The predicted octanol–water partition coefficient (Wildman–Crippen LogP) is 3.14. The molecular formula is C21H30NO7P. The van der Waals surface area contributed by atoms with Gasteiger partial charge in [-0.25, -0.2) is 0 Å². The van der Waals surface area contributed by atoms with E-state index >= 15 is 0 Å². The van der Waals surface area contributed by atoms with Crippen molar-refractivity contribution >= 4 is 25.6 Å². The first-order valence-corrected chi connectivity index (χ1v) is 11.9. The molecule has 1 aliphatic rings. The van der Waals surface area contributed by atoms with E-state index in [2.05, 4.69) is 0 Å². The molecule has 30 heavy (non-hydrogen) atoms. The van der Waals surface area contributed by atoms with E-state index in [1.165, 1.54) is 0 Å². The Balaban J connectivity index is 2.09. The molecule has 2 unspecified atom stereocenters. The van der Waals surface area contributed by atoms with Gasteiger partial charge in [0.15, 0.2) is 12.1 Å². The first kappa shape index (κ1) is 24.4. The summed E-state index contributed by atoms with van der Waals surface area (Å²) in [4.78, 5) is 47.7. The van der Waals surface area contributed by atoms with Gasteiger partial charge in [-0.1, -0.05) is 50.1 Å². The van der Waals surface area contributed by atoms with Crippen LogP contribution >= 0.6 is 7.60 Å². The SMILES string of the molecule is CCCCC(CC(=O)c1ccccc1)P(=O)(O)O[C@H](C=O)CN1CCC[C@H]1C(=O)O. The Morgan fingerprint density at radius 1 is 1.33 bits per heavy atom. The summed E-state index contributed by atoms with van der Waals surface area (Å²) in [7, 11) is -4.31. The van der Waals surface area contributed by atoms with E-state index in [4.69, 9.17) is 4.52 Å². The molecule has 2 rings (SSSR count). The largest absolute Gasteiger partial charge is 0.480 e. The van der Waals surface area contributed by atoms with Crippen molar-refractivity contribution in [2.75, 3.05) is 13.1 Å². The Bertz CT molecular complexity index is 770. The molecule has 2 N–H and O–H groups in total. The van der Waals surface area contributed by atoms with Crippen molar-refractivity contribution in [3.63, 3.8) is 0 Å². The Hall–Kier alpha value is -1.86. The number of unbranched alkanes of at least 4 members (excludes halogenated alkanes) is 1. The zero-order chi connectivity index (χ0) is 22.1. The fourth-order valence-corrected chi connectivity index (χ4v) is 5.29. The van der Waals surface area contributed by atoms with Gasteiger partial charge in [-0.2, -0.15) is 0 Å². The highest BCUT2D eigenvalue weighted by atomic mass is 31.2. The first-order valence-electron chi connectivity index (χ1n) is 10.3. The molecular weight excluding hydrogens is 409 g/mol. The number of rotatable bonds is 13. The highest BCUT2D eigenvalue weighted by Crippen LogP contribution is 2.52. The van der Waals surface area contributed by atoms with E-state index in [1.807, 2.05) is 6.92 Å². The number of aldehydes is 1. The second kappa shape index (κ2) is 11.5. The number of carbonyl (C=O) groups is 3. The van der Waals surface area contributed by atoms with Crippen molar-refractivity contribution in [2.24, 2.45) is 0 Å². The monoisotopic (exact) mass is 439 g/mol. The van der Waals surface area contributed by atoms with Gasteiger partial charge in [0.1, 0.15) is 12.1 Å². The molecule has 1 saturated heterocycles. The average Bonchev–Trinajstić information content (AvgIpc) is 3.19. The summed E-state index contributed by atoms with van der Waals surface area (Å²) in [6.07, 6.45) is 1.89. The smallest absolute Gasteiger partial charge is 0.332 e. The van der Waals surface area contributed by atoms with Crippen LogP contribution in [0.25, 0.3) is 0 Å². The molecule has 1 fully saturated rings. The van der Waals surface area contributed by atoms with E-state index < -0.39 is 31.4 Å². The van der Waals surface area contributed by atoms with Crippen LogP contribution in [-0.4, -0.2) is 63.8 Å². The van der Waals surface area contributed by atoms with Crippen LogP contribution in [0.1, 0.15) is 55.8 Å². The van der Waals surface area contributed by atoms with Crippen molar-refractivity contribution in [3.05, 3.63) is 35.9 Å². The number of hydrogen-bond acceptors (Lipinski definition) is 6. The lowest BCUT2D eigenvalue weighted by molar-refractivity contribution is -0.142. The normalized spacial score (nSPS) is 20.9. The van der Waals surface area contributed by atoms with Crippen LogP contribution in [0, 0.1) is 0 Å². The van der Waals surface area contributed by atoms with Gasteiger partial charge >= 0.3 is 13.6 Å². The lowest BCUT2D eigenvalue weighted by atomic mass is 10.0. The summed E-state index contributed by atoms with van der Waals surface area (Å²) in [6.45, 7) is 2.34. The van der Waals surface area contributed by atoms with Crippen LogP contribution in [-0.2, 0) is 18.7 Å². The second-order valence-electron chi connectivity index (χ2n) is 7.62. The number of hydrogen-bond donors (Lipinski definition) is 2. The van der Waals surface area contributed by atoms with E-state index in [1.54, 1.807) is 35.2 Å². The van der Waals surface area contributed by atoms with Crippen LogP contribution < -0.4 is 0 Å². The molecule has 166 valence electrons. The van der Waals surface area contributed by atoms with Crippen LogP contribution in [0.2, 0.25) is 0 Å². The predicted molar refractivity (Wildman–Crippen MR) is 112 cm³/mol. The van der Waals surface area contributed by atoms with Gasteiger partial charge in [0.05, 0.1) is 5.66 Å². The minimum atomic E-state index is -4.31. The zero-order valence-corrected chi connectivity index (χ0v) is 18.1. The number of Topliss-reactive ketones (excluding diaryl/α,β-unsaturated/α-hetero) is 1. The lowest BCUT2D eigenvalue weighted by Gasteiger charge is -2.28. The molecule has 0 amide bonds. The van der Waals surface area contributed by atoms with E-state index in [0.29, 0.717) is 44.1 Å². The molecule has 1 aromatic rings. The van der Waals surface area contributed by atoms with Crippen LogP contribution in [0.5, 0.6) is 0 Å². The number of aliphatic carboxylic acids is 1. The number of nitrogens with zero attached hydrogens (tertiary/aromatic N) is 1. The fraction of sp³-hybridized carbons (Fsp3) is 0.571. The molecule has 0 radical (unpaired) electrons. The molecule has 0 aromatic heterocycles. The van der Waals surface area contributed by atoms with Gasteiger partial charge in [-0.05, 0) is 25.8 Å². The van der Waals surface area contributed by atoms with E-state index in [0.717, 1.165) is 6.42 Å². The van der Waals surface area contributed by atoms with Crippen LogP contribution in [0.15, 0.2) is 30.3 Å². The number of carbonyl (C=O) groups excluding carboxylic acids is 2. The molecule has 1 aliphatic heterocycles. The number of carboxylic acids is 1. The lowest BCUT2D eigenvalue weighted by Crippen LogP contribution is -2.42. The Kier molecular flexibility index (Phi) is 9.37. The van der Waals surface area contributed by atoms with Crippen molar-refractivity contribution in [1.82, 2.24) is 4.90 Å². The third-order valence-corrected chi connectivity index (χ3v) is 7.31. The Labute approximate surface area is 176 Å². The zero-order valence-electron chi connectivity index (χ0n) is 17.2. The molecule has 0 aliphatic carbocycles. The summed E-state index contributed by atoms with van der Waals surface area (Å²) in [5.41, 5.74) is -0.478. The van der Waals surface area contributed by atoms with Gasteiger partial charge in [-0.3, -0.25) is 23.6 Å². The summed E-state index contributed by atoms with van der Waals surface area (Å²) < 4.78 is 18.4. The highest BCUT2D eigenvalue weighted by Gasteiger charge is 2.38. The Morgan fingerprint density at radius 3 is 2.63 bits per heavy atom. The van der Waals surface area contributed by atoms with Gasteiger partial charge in [0, 0.05) is 18.5 Å². The fourth-order valence-electron chi connectivity index (χ4n) is 3.71. The minimum absolute atomic E-state index is 0.0713. The summed E-state index contributed by atoms with van der Waals surface area (Å²) in [6, 6.07) is 7.79. The van der Waals surface area contributed by atoms with Crippen molar-refractivity contribution in [3.8, 4) is 0 Å². The second-order valence-corrected chi connectivity index (χ2v) is 9.69. The molecule has 0 spiro atoms. The van der Waals surface area contributed by atoms with Crippen molar-refractivity contribution < 1.29 is 33.5 Å². The van der Waals surface area contributed by atoms with Crippen LogP contribution in [0.3, 0.4) is 0 Å². The Morgan fingerprint density at radius 2 is 2.03 bits per heavy atom. The minimum Gasteiger partial charge on any atom is -0.480 e. The first-order chi connectivity index (χ1) is 14.3. The maximum absolute atomic E-state index is 13.0. The van der Waals surface area contributed by atoms with Gasteiger partial charge in [-0.15, -0.1) is 0 Å². The molecule has 9 heteroatoms. The van der Waals surface area contributed by atoms with E-state index in [-0.39, 0.29) is 18.7 Å². The highest BCUT2D eigenvalue weighted by molar-refractivity contribution is 7.53. The third-order valence-electron chi connectivity index (χ3n) is 5.37. The number of carboxylic acid groups (broad SMARTS) is 1. The molecule has 1 aromatic carbocycles. The van der Waals surface area contributed by atoms with Crippen LogP contribution in [0.4, 0.5) is 0 Å². The summed E-state index contributed by atoms with van der Waals surface area (Å²) in [5, 5.41) is 9.28. The molecule has 1 heterocycles. The quantitative estimate of drug-likeness (QED) is 0.273. The maximum atomic E-state index is 13.0.